The van der Waals surface area contributed by atoms with Crippen molar-refractivity contribution in [3.05, 3.63) is 29.8 Å². The zero-order valence-corrected chi connectivity index (χ0v) is 6.98. The van der Waals surface area contributed by atoms with Gasteiger partial charge in [-0.2, -0.15) is 0 Å². The van der Waals surface area contributed by atoms with Gasteiger partial charge in [-0.15, -0.1) is 0 Å². The molecule has 0 fully saturated rings. The number of rotatable bonds is 2. The molecule has 1 N–H and O–H groups in total. The van der Waals surface area contributed by atoms with E-state index < -0.39 is 11.8 Å². The topological polar surface area (TPSA) is 63.6 Å². The minimum Gasteiger partial charge on any atom is -0.508 e. The van der Waals surface area contributed by atoms with E-state index in [1.54, 1.807) is 0 Å². The van der Waals surface area contributed by atoms with Crippen molar-refractivity contribution in [1.82, 2.24) is 0 Å². The van der Waals surface area contributed by atoms with E-state index in [9.17, 15) is 9.59 Å². The molecule has 0 aromatic heterocycles. The molecule has 0 aliphatic rings. The quantitative estimate of drug-likeness (QED) is 0.414. The molecule has 0 bridgehead atoms. The average Bonchev–Trinajstić information content (AvgIpc) is 2.17. The summed E-state index contributed by atoms with van der Waals surface area (Å²) in [4.78, 5) is 21.9. The van der Waals surface area contributed by atoms with Gasteiger partial charge >= 0.3 is 5.97 Å². The van der Waals surface area contributed by atoms with E-state index >= 15 is 0 Å². The first-order valence-corrected chi connectivity index (χ1v) is 3.57. The summed E-state index contributed by atoms with van der Waals surface area (Å²) in [6.45, 7) is 0. The Morgan fingerprint density at radius 1 is 1.23 bits per heavy atom. The molecule has 1 rings (SSSR count). The normalized spacial score (nSPS) is 9.31. The van der Waals surface area contributed by atoms with Crippen molar-refractivity contribution < 1.29 is 19.4 Å². The molecule has 4 heteroatoms. The van der Waals surface area contributed by atoms with Gasteiger partial charge in [-0.25, -0.2) is 4.79 Å². The van der Waals surface area contributed by atoms with Gasteiger partial charge in [0.15, 0.2) is 0 Å². The number of phenolic OH excluding ortho intramolecular Hbond substituents is 1. The van der Waals surface area contributed by atoms with Gasteiger partial charge in [0.1, 0.15) is 5.75 Å². The van der Waals surface area contributed by atoms with Crippen molar-refractivity contribution in [1.29, 1.82) is 0 Å². The highest BCUT2D eigenvalue weighted by molar-refractivity contribution is 6.40. The van der Waals surface area contributed by atoms with E-state index in [-0.39, 0.29) is 11.3 Å². The number of ether oxygens (including phenoxy) is 1. The Balaban J connectivity index is 2.90. The van der Waals surface area contributed by atoms with Crippen LogP contribution in [-0.4, -0.2) is 24.0 Å². The molecule has 0 heterocycles. The second kappa shape index (κ2) is 3.71. The van der Waals surface area contributed by atoms with Gasteiger partial charge in [-0.1, -0.05) is 0 Å². The second-order valence-corrected chi connectivity index (χ2v) is 2.37. The third-order valence-corrected chi connectivity index (χ3v) is 1.50. The number of ketones is 1. The lowest BCUT2D eigenvalue weighted by Crippen LogP contribution is -2.15. The number of Topliss-reactive ketones (excluding diaryl/α,β-unsaturated/α-hetero) is 1. The number of carbonyl (C=O) groups is 2. The number of esters is 1. The minimum absolute atomic E-state index is 0.0430. The Labute approximate surface area is 74.8 Å². The van der Waals surface area contributed by atoms with Crippen LogP contribution in [0.3, 0.4) is 0 Å². The number of benzene rings is 1. The van der Waals surface area contributed by atoms with Crippen molar-refractivity contribution in [2.75, 3.05) is 7.11 Å². The lowest BCUT2D eigenvalue weighted by molar-refractivity contribution is -0.135. The Hall–Kier alpha value is -1.84. The fourth-order valence-electron chi connectivity index (χ4n) is 0.823. The number of hydrogen-bond donors (Lipinski definition) is 1. The molecular weight excluding hydrogens is 172 g/mol. The van der Waals surface area contributed by atoms with Crippen LogP contribution >= 0.6 is 0 Å². The first-order valence-electron chi connectivity index (χ1n) is 3.57. The highest BCUT2D eigenvalue weighted by atomic mass is 16.5. The maximum atomic E-state index is 11.1. The third-order valence-electron chi connectivity index (χ3n) is 1.50. The molecule has 0 aliphatic heterocycles. The van der Waals surface area contributed by atoms with Crippen LogP contribution in [0.4, 0.5) is 0 Å². The summed E-state index contributed by atoms with van der Waals surface area (Å²) >= 11 is 0. The molecule has 13 heavy (non-hydrogen) atoms. The molecule has 0 aliphatic carbocycles. The summed E-state index contributed by atoms with van der Waals surface area (Å²) in [7, 11) is 1.14. The molecule has 0 amide bonds. The first kappa shape index (κ1) is 9.25. The smallest absolute Gasteiger partial charge is 0.379 e. The molecule has 1 aromatic carbocycles. The standard InChI is InChI=1S/C9H8O4/c1-13-9(12)8(11)6-2-4-7(10)5-3-6/h2-5,10H,1H3. The van der Waals surface area contributed by atoms with Crippen LogP contribution in [-0.2, 0) is 9.53 Å². The summed E-state index contributed by atoms with van der Waals surface area (Å²) < 4.78 is 4.25. The van der Waals surface area contributed by atoms with Crippen molar-refractivity contribution in [3.63, 3.8) is 0 Å². The largest absolute Gasteiger partial charge is 0.508 e. The Bertz CT molecular complexity index is 326. The fourth-order valence-corrected chi connectivity index (χ4v) is 0.823. The molecule has 0 unspecified atom stereocenters. The van der Waals surface area contributed by atoms with E-state index in [4.69, 9.17) is 5.11 Å². The second-order valence-electron chi connectivity index (χ2n) is 2.37. The van der Waals surface area contributed by atoms with Gasteiger partial charge in [0.2, 0.25) is 0 Å². The van der Waals surface area contributed by atoms with E-state index in [1.807, 2.05) is 0 Å². The Morgan fingerprint density at radius 3 is 2.23 bits per heavy atom. The van der Waals surface area contributed by atoms with Gasteiger partial charge in [0, 0.05) is 5.56 Å². The number of aromatic hydroxyl groups is 1. The minimum atomic E-state index is -0.911. The highest BCUT2D eigenvalue weighted by Crippen LogP contribution is 2.10. The zero-order chi connectivity index (χ0) is 9.84. The summed E-state index contributed by atoms with van der Waals surface area (Å²) in [6, 6.07) is 5.37. The lowest BCUT2D eigenvalue weighted by atomic mass is 10.1. The third kappa shape index (κ3) is 2.05. The average molecular weight is 180 g/mol. The number of hydrogen-bond acceptors (Lipinski definition) is 4. The number of carbonyl (C=O) groups excluding carboxylic acids is 2. The van der Waals surface area contributed by atoms with E-state index in [2.05, 4.69) is 4.74 Å². The van der Waals surface area contributed by atoms with Crippen LogP contribution in [0.25, 0.3) is 0 Å². The number of phenols is 1. The van der Waals surface area contributed by atoms with Crippen LogP contribution in [0.15, 0.2) is 24.3 Å². The van der Waals surface area contributed by atoms with E-state index in [0.717, 1.165) is 7.11 Å². The van der Waals surface area contributed by atoms with Crippen molar-refractivity contribution in [3.8, 4) is 5.75 Å². The summed E-state index contributed by atoms with van der Waals surface area (Å²) in [5.41, 5.74) is 0.199. The summed E-state index contributed by atoms with van der Waals surface area (Å²) in [5.74, 6) is -1.59. The van der Waals surface area contributed by atoms with Crippen LogP contribution in [0.2, 0.25) is 0 Å². The van der Waals surface area contributed by atoms with Crippen molar-refractivity contribution in [2.24, 2.45) is 0 Å². The van der Waals surface area contributed by atoms with Crippen molar-refractivity contribution in [2.45, 2.75) is 0 Å². The van der Waals surface area contributed by atoms with Crippen LogP contribution in [0.1, 0.15) is 10.4 Å². The van der Waals surface area contributed by atoms with E-state index in [1.165, 1.54) is 24.3 Å². The van der Waals surface area contributed by atoms with Gasteiger partial charge in [0.05, 0.1) is 7.11 Å². The zero-order valence-electron chi connectivity index (χ0n) is 6.98. The van der Waals surface area contributed by atoms with Crippen LogP contribution in [0, 0.1) is 0 Å². The van der Waals surface area contributed by atoms with Gasteiger partial charge in [-0.3, -0.25) is 4.79 Å². The van der Waals surface area contributed by atoms with Crippen LogP contribution in [0.5, 0.6) is 5.75 Å². The molecule has 0 radical (unpaired) electrons. The molecular formula is C9H8O4. The molecule has 0 saturated heterocycles. The molecule has 0 atom stereocenters. The molecule has 0 spiro atoms. The first-order chi connectivity index (χ1) is 6.15. The highest BCUT2D eigenvalue weighted by Gasteiger charge is 2.15. The van der Waals surface area contributed by atoms with Crippen molar-refractivity contribution >= 4 is 11.8 Å². The summed E-state index contributed by atoms with van der Waals surface area (Å²) in [6.07, 6.45) is 0. The monoisotopic (exact) mass is 180 g/mol. The van der Waals surface area contributed by atoms with Gasteiger partial charge < -0.3 is 9.84 Å². The molecule has 4 nitrogen and oxygen atoms in total. The van der Waals surface area contributed by atoms with Crippen LogP contribution < -0.4 is 0 Å². The summed E-state index contributed by atoms with van der Waals surface area (Å²) in [5, 5.41) is 8.91. The predicted octanol–water partition coefficient (Wildman–Crippen LogP) is 0.748. The van der Waals surface area contributed by atoms with Gasteiger partial charge in [0.25, 0.3) is 5.78 Å². The predicted molar refractivity (Wildman–Crippen MR) is 44.5 cm³/mol. The molecule has 68 valence electrons. The Kier molecular flexibility index (Phi) is 2.64. The maximum Gasteiger partial charge on any atom is 0.379 e. The van der Waals surface area contributed by atoms with Gasteiger partial charge in [-0.05, 0) is 24.3 Å². The Morgan fingerprint density at radius 2 is 1.77 bits per heavy atom. The SMILES string of the molecule is COC(=O)C(=O)c1ccc(O)cc1. The number of methoxy groups -OCH3 is 1. The maximum absolute atomic E-state index is 11.1. The lowest BCUT2D eigenvalue weighted by Gasteiger charge is -1.98. The fraction of sp³-hybridized carbons (Fsp3) is 0.111. The molecule has 0 saturated carbocycles. The molecule has 1 aromatic rings. The van der Waals surface area contributed by atoms with E-state index in [0.29, 0.717) is 0 Å².